The molecule has 1 saturated heterocycles. The molecule has 1 aliphatic rings. The molecule has 1 amide bonds. The standard InChI is InChI=1S/C20H25N3O6/c1-25-15-8-7-14(18(27-3)19(15)28-4)20(24)23-11-5-6-13(12-23)29-17-10-9-16(26-2)21-22-17/h7-10,13H,5-6,11-12H2,1-4H3. The van der Waals surface area contributed by atoms with E-state index < -0.39 is 0 Å². The highest BCUT2D eigenvalue weighted by Gasteiger charge is 2.29. The summed E-state index contributed by atoms with van der Waals surface area (Å²) in [4.78, 5) is 14.9. The number of amides is 1. The summed E-state index contributed by atoms with van der Waals surface area (Å²) >= 11 is 0. The molecule has 2 heterocycles. The topological polar surface area (TPSA) is 92.2 Å². The first kappa shape index (κ1) is 20.5. The van der Waals surface area contributed by atoms with Crippen molar-refractivity contribution in [1.29, 1.82) is 0 Å². The Kier molecular flexibility index (Phi) is 6.58. The van der Waals surface area contributed by atoms with Crippen LogP contribution in [0, 0.1) is 0 Å². The lowest BCUT2D eigenvalue weighted by atomic mass is 10.1. The zero-order valence-electron chi connectivity index (χ0n) is 17.0. The van der Waals surface area contributed by atoms with Crippen LogP contribution in [-0.2, 0) is 0 Å². The Morgan fingerprint density at radius 2 is 1.66 bits per heavy atom. The summed E-state index contributed by atoms with van der Waals surface area (Å²) in [5.41, 5.74) is 0.412. The van der Waals surface area contributed by atoms with Crippen molar-refractivity contribution in [2.75, 3.05) is 41.5 Å². The van der Waals surface area contributed by atoms with Crippen molar-refractivity contribution in [3.63, 3.8) is 0 Å². The van der Waals surface area contributed by atoms with Crippen molar-refractivity contribution in [2.45, 2.75) is 18.9 Å². The molecular formula is C20H25N3O6. The fourth-order valence-electron chi connectivity index (χ4n) is 3.31. The number of carbonyl (C=O) groups excluding carboxylic acids is 1. The van der Waals surface area contributed by atoms with Crippen LogP contribution in [0.4, 0.5) is 0 Å². The molecule has 0 radical (unpaired) electrons. The van der Waals surface area contributed by atoms with Gasteiger partial charge in [-0.1, -0.05) is 0 Å². The van der Waals surface area contributed by atoms with Crippen LogP contribution in [0.25, 0.3) is 0 Å². The van der Waals surface area contributed by atoms with Crippen LogP contribution in [-0.4, -0.2) is 68.6 Å². The molecule has 1 aromatic carbocycles. The first-order valence-electron chi connectivity index (χ1n) is 9.23. The highest BCUT2D eigenvalue weighted by molar-refractivity contribution is 5.98. The SMILES string of the molecule is COc1ccc(OC2CCCN(C(=O)c3ccc(OC)c(OC)c3OC)C2)nn1. The number of nitrogens with zero attached hydrogens (tertiary/aromatic N) is 3. The van der Waals surface area contributed by atoms with Crippen LogP contribution in [0.3, 0.4) is 0 Å². The first-order valence-corrected chi connectivity index (χ1v) is 9.23. The Labute approximate surface area is 169 Å². The van der Waals surface area contributed by atoms with E-state index in [-0.39, 0.29) is 12.0 Å². The van der Waals surface area contributed by atoms with Gasteiger partial charge in [0.05, 0.1) is 40.5 Å². The van der Waals surface area contributed by atoms with Crippen LogP contribution < -0.4 is 23.7 Å². The number of benzene rings is 1. The number of hydrogen-bond donors (Lipinski definition) is 0. The molecule has 0 N–H and O–H groups in total. The van der Waals surface area contributed by atoms with E-state index in [1.807, 2.05) is 0 Å². The van der Waals surface area contributed by atoms with E-state index in [1.165, 1.54) is 28.4 Å². The summed E-state index contributed by atoms with van der Waals surface area (Å²) in [6.07, 6.45) is 1.46. The number of ether oxygens (including phenoxy) is 5. The molecule has 3 rings (SSSR count). The lowest BCUT2D eigenvalue weighted by Crippen LogP contribution is -2.44. The quantitative estimate of drug-likeness (QED) is 0.695. The predicted molar refractivity (Wildman–Crippen MR) is 104 cm³/mol. The molecule has 1 unspecified atom stereocenters. The van der Waals surface area contributed by atoms with Gasteiger partial charge in [0.1, 0.15) is 6.10 Å². The van der Waals surface area contributed by atoms with Gasteiger partial charge in [-0.3, -0.25) is 4.79 Å². The summed E-state index contributed by atoms with van der Waals surface area (Å²) in [5, 5.41) is 7.89. The third kappa shape index (κ3) is 4.44. The maximum absolute atomic E-state index is 13.2. The van der Waals surface area contributed by atoms with Crippen LogP contribution in [0.2, 0.25) is 0 Å². The fraction of sp³-hybridized carbons (Fsp3) is 0.450. The van der Waals surface area contributed by atoms with Gasteiger partial charge >= 0.3 is 0 Å². The van der Waals surface area contributed by atoms with Gasteiger partial charge in [-0.15, -0.1) is 10.2 Å². The van der Waals surface area contributed by atoms with Gasteiger partial charge in [-0.2, -0.15) is 0 Å². The Bertz CT molecular complexity index is 843. The van der Waals surface area contributed by atoms with E-state index in [9.17, 15) is 4.79 Å². The lowest BCUT2D eigenvalue weighted by Gasteiger charge is -2.33. The minimum absolute atomic E-state index is 0.156. The third-order valence-electron chi connectivity index (χ3n) is 4.71. The van der Waals surface area contributed by atoms with E-state index in [0.29, 0.717) is 47.7 Å². The van der Waals surface area contributed by atoms with Crippen molar-refractivity contribution < 1.29 is 28.5 Å². The molecule has 9 heteroatoms. The molecule has 0 spiro atoms. The van der Waals surface area contributed by atoms with E-state index in [0.717, 1.165) is 12.8 Å². The molecule has 0 bridgehead atoms. The number of methoxy groups -OCH3 is 4. The van der Waals surface area contributed by atoms with Gasteiger partial charge in [0.2, 0.25) is 17.5 Å². The van der Waals surface area contributed by atoms with Gasteiger partial charge in [-0.05, 0) is 25.0 Å². The smallest absolute Gasteiger partial charge is 0.257 e. The Morgan fingerprint density at radius 3 is 2.28 bits per heavy atom. The Morgan fingerprint density at radius 1 is 0.931 bits per heavy atom. The molecular weight excluding hydrogens is 378 g/mol. The monoisotopic (exact) mass is 403 g/mol. The molecule has 1 atom stereocenters. The van der Waals surface area contributed by atoms with Gasteiger partial charge < -0.3 is 28.6 Å². The zero-order chi connectivity index (χ0) is 20.8. The molecule has 1 aliphatic heterocycles. The minimum Gasteiger partial charge on any atom is -0.493 e. The van der Waals surface area contributed by atoms with Gasteiger partial charge in [0.15, 0.2) is 11.5 Å². The number of likely N-dealkylation sites (tertiary alicyclic amines) is 1. The second kappa shape index (κ2) is 9.31. The number of rotatable bonds is 7. The molecule has 1 aromatic heterocycles. The predicted octanol–water partition coefficient (Wildman–Crippen LogP) is 2.19. The van der Waals surface area contributed by atoms with E-state index in [1.54, 1.807) is 29.2 Å². The van der Waals surface area contributed by atoms with Crippen molar-refractivity contribution in [1.82, 2.24) is 15.1 Å². The molecule has 156 valence electrons. The second-order valence-electron chi connectivity index (χ2n) is 6.43. The first-order chi connectivity index (χ1) is 14.1. The highest BCUT2D eigenvalue weighted by atomic mass is 16.5. The van der Waals surface area contributed by atoms with E-state index in [2.05, 4.69) is 10.2 Å². The average molecular weight is 403 g/mol. The number of aromatic nitrogens is 2. The third-order valence-corrected chi connectivity index (χ3v) is 4.71. The molecule has 0 saturated carbocycles. The highest BCUT2D eigenvalue weighted by Crippen LogP contribution is 2.40. The molecule has 2 aromatic rings. The van der Waals surface area contributed by atoms with E-state index >= 15 is 0 Å². The molecule has 29 heavy (non-hydrogen) atoms. The summed E-state index contributed by atoms with van der Waals surface area (Å²) in [6, 6.07) is 6.76. The van der Waals surface area contributed by atoms with E-state index in [4.69, 9.17) is 23.7 Å². The van der Waals surface area contributed by atoms with Crippen LogP contribution in [0.5, 0.6) is 29.0 Å². The normalized spacial score (nSPS) is 16.1. The molecule has 1 fully saturated rings. The number of hydrogen-bond acceptors (Lipinski definition) is 8. The summed E-state index contributed by atoms with van der Waals surface area (Å²) in [5.74, 6) is 1.89. The largest absolute Gasteiger partial charge is 0.493 e. The number of piperidine rings is 1. The maximum atomic E-state index is 13.2. The summed E-state index contributed by atoms with van der Waals surface area (Å²) in [7, 11) is 6.07. The average Bonchev–Trinajstić information content (AvgIpc) is 2.78. The van der Waals surface area contributed by atoms with Crippen LogP contribution >= 0.6 is 0 Å². The van der Waals surface area contributed by atoms with Gasteiger partial charge in [0.25, 0.3) is 5.91 Å². The van der Waals surface area contributed by atoms with Gasteiger partial charge in [-0.25, -0.2) is 0 Å². The summed E-state index contributed by atoms with van der Waals surface area (Å²) in [6.45, 7) is 1.06. The lowest BCUT2D eigenvalue weighted by molar-refractivity contribution is 0.0521. The van der Waals surface area contributed by atoms with Crippen LogP contribution in [0.1, 0.15) is 23.2 Å². The van der Waals surface area contributed by atoms with Crippen molar-refractivity contribution in [3.05, 3.63) is 29.8 Å². The zero-order valence-corrected chi connectivity index (χ0v) is 17.0. The minimum atomic E-state index is -0.179. The maximum Gasteiger partial charge on any atom is 0.257 e. The molecule has 9 nitrogen and oxygen atoms in total. The van der Waals surface area contributed by atoms with Crippen LogP contribution in [0.15, 0.2) is 24.3 Å². The Hall–Kier alpha value is -3.23. The Balaban J connectivity index is 1.75. The molecule has 0 aliphatic carbocycles. The van der Waals surface area contributed by atoms with Crippen molar-refractivity contribution >= 4 is 5.91 Å². The van der Waals surface area contributed by atoms with Gasteiger partial charge in [0, 0.05) is 18.7 Å². The van der Waals surface area contributed by atoms with Crippen molar-refractivity contribution in [2.24, 2.45) is 0 Å². The number of carbonyl (C=O) groups is 1. The second-order valence-corrected chi connectivity index (χ2v) is 6.43. The summed E-state index contributed by atoms with van der Waals surface area (Å²) < 4.78 is 27.0. The fourth-order valence-corrected chi connectivity index (χ4v) is 3.31. The van der Waals surface area contributed by atoms with Crippen molar-refractivity contribution in [3.8, 4) is 29.0 Å².